The van der Waals surface area contributed by atoms with Crippen LogP contribution in [0.3, 0.4) is 0 Å². The largest absolute Gasteiger partial charge is 0.496 e. The van der Waals surface area contributed by atoms with Crippen LogP contribution in [-0.2, 0) is 5.41 Å². The molecule has 8 heteroatoms. The lowest BCUT2D eigenvalue weighted by molar-refractivity contribution is 0.403. The van der Waals surface area contributed by atoms with Crippen molar-refractivity contribution in [2.75, 3.05) is 38.7 Å². The first kappa shape index (κ1) is 22.6. The smallest absolute Gasteiger partial charge is 0.191 e. The highest BCUT2D eigenvalue weighted by molar-refractivity contribution is 14.0. The molecule has 6 nitrogen and oxygen atoms in total. The summed E-state index contributed by atoms with van der Waals surface area (Å²) < 4.78 is 19.6. The summed E-state index contributed by atoms with van der Waals surface area (Å²) in [6.45, 7) is 2.28. The number of pyridine rings is 1. The average Bonchev–Trinajstić information content (AvgIpc) is 3.41. The Bertz CT molecular complexity index is 889. The minimum absolute atomic E-state index is 0. The molecule has 1 unspecified atom stereocenters. The second kappa shape index (κ2) is 9.80. The first-order chi connectivity index (χ1) is 14.1. The van der Waals surface area contributed by atoms with Crippen LogP contribution in [0.4, 0.5) is 10.2 Å². The van der Waals surface area contributed by atoms with Gasteiger partial charge < -0.3 is 20.3 Å². The van der Waals surface area contributed by atoms with Gasteiger partial charge in [0.1, 0.15) is 5.75 Å². The predicted octanol–water partition coefficient (Wildman–Crippen LogP) is 3.32. The van der Waals surface area contributed by atoms with Gasteiger partial charge in [-0.05, 0) is 37.5 Å². The van der Waals surface area contributed by atoms with Crippen molar-refractivity contribution in [3.8, 4) is 5.75 Å². The van der Waals surface area contributed by atoms with Crippen LogP contribution in [0.2, 0.25) is 0 Å². The minimum Gasteiger partial charge on any atom is -0.496 e. The van der Waals surface area contributed by atoms with E-state index in [9.17, 15) is 4.39 Å². The molecule has 1 aliphatic heterocycles. The van der Waals surface area contributed by atoms with Crippen LogP contribution in [0.25, 0.3) is 0 Å². The molecule has 2 aromatic rings. The van der Waals surface area contributed by atoms with E-state index in [2.05, 4.69) is 32.7 Å². The van der Waals surface area contributed by atoms with Gasteiger partial charge in [0.05, 0.1) is 7.11 Å². The molecule has 162 valence electrons. The van der Waals surface area contributed by atoms with Crippen LogP contribution in [0.15, 0.2) is 47.6 Å². The highest BCUT2D eigenvalue weighted by atomic mass is 127. The summed E-state index contributed by atoms with van der Waals surface area (Å²) in [5.74, 6) is 1.87. The normalized spacial score (nSPS) is 19.8. The number of nitrogens with zero attached hydrogens (tertiary/aromatic N) is 3. The van der Waals surface area contributed by atoms with E-state index in [0.29, 0.717) is 12.4 Å². The van der Waals surface area contributed by atoms with Crippen molar-refractivity contribution < 1.29 is 9.13 Å². The van der Waals surface area contributed by atoms with E-state index >= 15 is 0 Å². The summed E-state index contributed by atoms with van der Waals surface area (Å²) in [7, 11) is 3.50. The lowest BCUT2D eigenvalue weighted by atomic mass is 9.95. The molecule has 0 bridgehead atoms. The number of rotatable bonds is 6. The second-order valence-corrected chi connectivity index (χ2v) is 7.79. The van der Waals surface area contributed by atoms with Gasteiger partial charge in [0, 0.05) is 49.9 Å². The summed E-state index contributed by atoms with van der Waals surface area (Å²) in [4.78, 5) is 10.6. The number of hydrogen-bond donors (Lipinski definition) is 2. The van der Waals surface area contributed by atoms with E-state index in [1.54, 1.807) is 26.4 Å². The maximum Gasteiger partial charge on any atom is 0.191 e. The fraction of sp³-hybridized carbons (Fsp3) is 0.455. The highest BCUT2D eigenvalue weighted by Gasteiger charge is 2.46. The Hall–Kier alpha value is -2.10. The summed E-state index contributed by atoms with van der Waals surface area (Å²) in [5.41, 5.74) is 1.35. The Morgan fingerprint density at radius 2 is 2.10 bits per heavy atom. The molecular formula is C22H29FIN5O. The van der Waals surface area contributed by atoms with Gasteiger partial charge in [-0.2, -0.15) is 0 Å². The van der Waals surface area contributed by atoms with Crippen molar-refractivity contribution in [3.05, 3.63) is 54.0 Å². The van der Waals surface area contributed by atoms with E-state index in [0.717, 1.165) is 44.1 Å². The predicted molar refractivity (Wildman–Crippen MR) is 129 cm³/mol. The van der Waals surface area contributed by atoms with Crippen molar-refractivity contribution in [2.24, 2.45) is 4.99 Å². The van der Waals surface area contributed by atoms with Crippen molar-refractivity contribution in [1.82, 2.24) is 15.6 Å². The van der Waals surface area contributed by atoms with Crippen LogP contribution in [0, 0.1) is 5.82 Å². The summed E-state index contributed by atoms with van der Waals surface area (Å²) in [6.07, 6.45) is 4.81. The fourth-order valence-corrected chi connectivity index (χ4v) is 4.10. The van der Waals surface area contributed by atoms with Crippen molar-refractivity contribution in [2.45, 2.75) is 30.7 Å². The van der Waals surface area contributed by atoms with Crippen molar-refractivity contribution in [1.29, 1.82) is 0 Å². The van der Waals surface area contributed by atoms with Gasteiger partial charge in [-0.25, -0.2) is 9.37 Å². The minimum atomic E-state index is -0.275. The second-order valence-electron chi connectivity index (χ2n) is 7.79. The molecule has 2 N–H and O–H groups in total. The molecule has 0 spiro atoms. The van der Waals surface area contributed by atoms with Gasteiger partial charge in [0.2, 0.25) is 0 Å². The molecule has 1 saturated heterocycles. The van der Waals surface area contributed by atoms with Crippen LogP contribution in [-0.4, -0.2) is 50.8 Å². The maximum absolute atomic E-state index is 14.0. The molecule has 4 rings (SSSR count). The maximum atomic E-state index is 14.0. The average molecular weight is 525 g/mol. The number of anilines is 1. The van der Waals surface area contributed by atoms with E-state index in [-0.39, 0.29) is 41.3 Å². The third kappa shape index (κ3) is 4.79. The SMILES string of the molecule is CN=C(NCC1(c2ccccc2OC)CC1)NC1CCN(c2ncccc2F)C1.I. The number of para-hydroxylation sites is 1. The number of aliphatic imine (C=N–C) groups is 1. The molecule has 2 heterocycles. The highest BCUT2D eigenvalue weighted by Crippen LogP contribution is 2.50. The van der Waals surface area contributed by atoms with E-state index in [4.69, 9.17) is 4.74 Å². The zero-order valence-electron chi connectivity index (χ0n) is 17.4. The lowest BCUT2D eigenvalue weighted by Gasteiger charge is -2.23. The van der Waals surface area contributed by atoms with Crippen molar-refractivity contribution >= 4 is 35.8 Å². The first-order valence-corrected chi connectivity index (χ1v) is 10.1. The van der Waals surface area contributed by atoms with Gasteiger partial charge in [-0.3, -0.25) is 4.99 Å². The fourth-order valence-electron chi connectivity index (χ4n) is 4.10. The summed E-state index contributed by atoms with van der Waals surface area (Å²) in [6, 6.07) is 11.5. The van der Waals surface area contributed by atoms with Gasteiger partial charge in [0.25, 0.3) is 0 Å². The zero-order valence-corrected chi connectivity index (χ0v) is 19.7. The topological polar surface area (TPSA) is 61.8 Å². The van der Waals surface area contributed by atoms with Gasteiger partial charge in [-0.1, -0.05) is 18.2 Å². The third-order valence-corrected chi connectivity index (χ3v) is 5.92. The molecule has 1 saturated carbocycles. The first-order valence-electron chi connectivity index (χ1n) is 10.1. The van der Waals surface area contributed by atoms with Crippen LogP contribution >= 0.6 is 24.0 Å². The van der Waals surface area contributed by atoms with Gasteiger partial charge in [0.15, 0.2) is 17.6 Å². The molecule has 1 atom stereocenters. The Morgan fingerprint density at radius 1 is 1.30 bits per heavy atom. The molecule has 2 fully saturated rings. The molecule has 1 aromatic heterocycles. The lowest BCUT2D eigenvalue weighted by Crippen LogP contribution is -2.46. The quantitative estimate of drug-likeness (QED) is 0.345. The van der Waals surface area contributed by atoms with E-state index < -0.39 is 0 Å². The number of methoxy groups -OCH3 is 1. The number of nitrogens with one attached hydrogen (secondary N) is 2. The Kier molecular flexibility index (Phi) is 7.38. The molecule has 2 aliphatic rings. The molecule has 1 aromatic carbocycles. The number of ether oxygens (including phenoxy) is 1. The Labute approximate surface area is 194 Å². The number of aromatic nitrogens is 1. The number of hydrogen-bond acceptors (Lipinski definition) is 4. The molecular weight excluding hydrogens is 496 g/mol. The Morgan fingerprint density at radius 3 is 2.80 bits per heavy atom. The van der Waals surface area contributed by atoms with Crippen LogP contribution < -0.4 is 20.3 Å². The van der Waals surface area contributed by atoms with E-state index in [1.807, 2.05) is 17.0 Å². The van der Waals surface area contributed by atoms with Crippen LogP contribution in [0.5, 0.6) is 5.75 Å². The monoisotopic (exact) mass is 525 g/mol. The number of guanidine groups is 1. The zero-order chi connectivity index (χ0) is 20.3. The molecule has 30 heavy (non-hydrogen) atoms. The van der Waals surface area contributed by atoms with Crippen molar-refractivity contribution in [3.63, 3.8) is 0 Å². The number of benzene rings is 1. The van der Waals surface area contributed by atoms with Crippen LogP contribution in [0.1, 0.15) is 24.8 Å². The Balaban J connectivity index is 0.00000256. The standard InChI is InChI=1S/C22H28FN5O.HI/c1-24-21(26-15-22(10-11-22)17-6-3-4-8-19(17)29-2)27-16-9-13-28(14-16)20-18(23)7-5-12-25-20;/h3-8,12,16H,9-11,13-15H2,1-2H3,(H2,24,26,27);1H. The molecule has 1 aliphatic carbocycles. The molecule has 0 radical (unpaired) electrons. The number of halogens is 2. The van der Waals surface area contributed by atoms with E-state index in [1.165, 1.54) is 11.6 Å². The summed E-state index contributed by atoms with van der Waals surface area (Å²) >= 11 is 0. The van der Waals surface area contributed by atoms with Gasteiger partial charge >= 0.3 is 0 Å². The third-order valence-electron chi connectivity index (χ3n) is 5.92. The summed E-state index contributed by atoms with van der Waals surface area (Å²) in [5, 5.41) is 6.97. The molecule has 0 amide bonds. The van der Waals surface area contributed by atoms with Gasteiger partial charge in [-0.15, -0.1) is 24.0 Å².